The fourth-order valence-electron chi connectivity index (χ4n) is 3.41. The van der Waals surface area contributed by atoms with Gasteiger partial charge in [-0.15, -0.1) is 35.3 Å². The van der Waals surface area contributed by atoms with Crippen molar-refractivity contribution >= 4 is 41.3 Å². The zero-order valence-electron chi connectivity index (χ0n) is 16.7. The van der Waals surface area contributed by atoms with Crippen LogP contribution in [0.3, 0.4) is 0 Å². The molecule has 0 atom stereocenters. The van der Waals surface area contributed by atoms with Crippen LogP contribution in [-0.4, -0.2) is 29.1 Å². The molecule has 0 bridgehead atoms. The lowest BCUT2D eigenvalue weighted by atomic mass is 9.88. The van der Waals surface area contributed by atoms with Gasteiger partial charge in [0, 0.05) is 30.5 Å². The number of thiazole rings is 1. The van der Waals surface area contributed by atoms with Gasteiger partial charge in [0.2, 0.25) is 0 Å². The van der Waals surface area contributed by atoms with E-state index < -0.39 is 11.9 Å². The highest BCUT2D eigenvalue weighted by molar-refractivity contribution is 14.0. The number of halogens is 4. The second-order valence-corrected chi connectivity index (χ2v) is 7.85. The molecule has 10 heteroatoms. The van der Waals surface area contributed by atoms with E-state index >= 15 is 0 Å². The third kappa shape index (κ3) is 6.47. The number of nitrogens with zero attached hydrogens (tertiary/aromatic N) is 2. The van der Waals surface area contributed by atoms with E-state index in [1.54, 1.807) is 6.07 Å². The van der Waals surface area contributed by atoms with Crippen LogP contribution in [0.15, 0.2) is 22.5 Å². The number of alkyl halides is 3. The highest BCUT2D eigenvalue weighted by Gasteiger charge is 2.33. The van der Waals surface area contributed by atoms with Crippen molar-refractivity contribution in [2.45, 2.75) is 51.7 Å². The molecule has 3 rings (SSSR count). The third-order valence-corrected chi connectivity index (χ3v) is 5.75. The topological polar surface area (TPSA) is 69.5 Å². The number of fused-ring (bicyclic) bond motifs is 1. The van der Waals surface area contributed by atoms with Gasteiger partial charge in [-0.25, -0.2) is 9.98 Å². The van der Waals surface area contributed by atoms with Gasteiger partial charge >= 0.3 is 6.18 Å². The van der Waals surface area contributed by atoms with Crippen LogP contribution in [0, 0.1) is 0 Å². The van der Waals surface area contributed by atoms with E-state index in [-0.39, 0.29) is 29.7 Å². The molecular weight excluding hydrogens is 528 g/mol. The van der Waals surface area contributed by atoms with E-state index in [1.807, 2.05) is 13.0 Å². The quantitative estimate of drug-likeness (QED) is 0.276. The number of aryl methyl sites for hydroxylation is 1. The lowest BCUT2D eigenvalue weighted by Gasteiger charge is -2.20. The molecule has 0 saturated heterocycles. The van der Waals surface area contributed by atoms with Gasteiger partial charge in [-0.3, -0.25) is 0 Å². The fourth-order valence-corrected chi connectivity index (χ4v) is 4.22. The lowest BCUT2D eigenvalue weighted by Crippen LogP contribution is -2.38. The van der Waals surface area contributed by atoms with Gasteiger partial charge in [-0.1, -0.05) is 6.07 Å². The summed E-state index contributed by atoms with van der Waals surface area (Å²) in [6, 6.07) is 3.72. The first-order valence-corrected chi connectivity index (χ1v) is 10.6. The monoisotopic (exact) mass is 554 g/mol. The minimum absolute atomic E-state index is 0. The number of phenols is 1. The molecule has 1 aliphatic rings. The van der Waals surface area contributed by atoms with Crippen LogP contribution in [0.25, 0.3) is 0 Å². The summed E-state index contributed by atoms with van der Waals surface area (Å²) in [5.41, 5.74) is 2.48. The minimum Gasteiger partial charge on any atom is -0.508 e. The van der Waals surface area contributed by atoms with Crippen LogP contribution in [0.1, 0.15) is 47.2 Å². The predicted molar refractivity (Wildman–Crippen MR) is 124 cm³/mol. The van der Waals surface area contributed by atoms with Crippen LogP contribution in [0.4, 0.5) is 13.2 Å². The van der Waals surface area contributed by atoms with E-state index in [4.69, 9.17) is 0 Å². The molecule has 166 valence electrons. The Balaban J connectivity index is 0.00000320. The van der Waals surface area contributed by atoms with Crippen molar-refractivity contribution in [3.63, 3.8) is 0 Å². The second kappa shape index (κ2) is 11.2. The number of hydrogen-bond donors (Lipinski definition) is 3. The Morgan fingerprint density at radius 1 is 1.23 bits per heavy atom. The number of aromatic hydroxyl groups is 1. The molecule has 0 spiro atoms. The van der Waals surface area contributed by atoms with Crippen LogP contribution >= 0.6 is 35.3 Å². The number of hydrogen-bond acceptors (Lipinski definition) is 4. The van der Waals surface area contributed by atoms with Crippen molar-refractivity contribution in [1.29, 1.82) is 0 Å². The zero-order chi connectivity index (χ0) is 20.9. The molecule has 1 aromatic carbocycles. The average Bonchev–Trinajstić information content (AvgIpc) is 3.16. The summed E-state index contributed by atoms with van der Waals surface area (Å²) in [5.74, 6) is 0.820. The van der Waals surface area contributed by atoms with Crippen molar-refractivity contribution < 1.29 is 18.3 Å². The van der Waals surface area contributed by atoms with Gasteiger partial charge in [0.15, 0.2) is 11.7 Å². The van der Waals surface area contributed by atoms with Crippen molar-refractivity contribution in [1.82, 2.24) is 15.6 Å². The summed E-state index contributed by atoms with van der Waals surface area (Å²) < 4.78 is 37.9. The number of nitrogens with one attached hydrogen (secondary N) is 2. The van der Waals surface area contributed by atoms with E-state index in [9.17, 15) is 18.3 Å². The molecule has 0 amide bonds. The Labute approximate surface area is 195 Å². The molecule has 1 aliphatic carbocycles. The Bertz CT molecular complexity index is 870. The summed E-state index contributed by atoms with van der Waals surface area (Å²) >= 11 is 1.00. The Morgan fingerprint density at radius 3 is 2.70 bits per heavy atom. The van der Waals surface area contributed by atoms with Gasteiger partial charge in [-0.2, -0.15) is 13.2 Å². The van der Waals surface area contributed by atoms with Crippen molar-refractivity contribution in [3.8, 4) is 5.75 Å². The van der Waals surface area contributed by atoms with E-state index in [0.29, 0.717) is 37.0 Å². The molecule has 2 aromatic rings. The molecule has 30 heavy (non-hydrogen) atoms. The smallest absolute Gasteiger partial charge is 0.434 e. The molecule has 0 unspecified atom stereocenters. The largest absolute Gasteiger partial charge is 0.508 e. The maximum absolute atomic E-state index is 12.6. The number of phenolic OH excluding ortho intramolecular Hbond substituents is 1. The molecule has 1 heterocycles. The van der Waals surface area contributed by atoms with Crippen LogP contribution in [-0.2, 0) is 32.0 Å². The number of guanidine groups is 1. The van der Waals surface area contributed by atoms with Crippen LogP contribution in [0.5, 0.6) is 5.75 Å². The summed E-state index contributed by atoms with van der Waals surface area (Å²) in [4.78, 5) is 8.20. The molecule has 1 aromatic heterocycles. The average molecular weight is 554 g/mol. The molecule has 3 N–H and O–H groups in total. The Hall–Kier alpha value is -1.56. The zero-order valence-corrected chi connectivity index (χ0v) is 19.8. The third-order valence-electron chi connectivity index (χ3n) is 4.84. The highest BCUT2D eigenvalue weighted by Crippen LogP contribution is 2.31. The first-order valence-electron chi connectivity index (χ1n) is 9.75. The lowest BCUT2D eigenvalue weighted by molar-refractivity contribution is -0.140. The van der Waals surface area contributed by atoms with Crippen LogP contribution in [0.2, 0.25) is 0 Å². The van der Waals surface area contributed by atoms with E-state index in [2.05, 4.69) is 20.6 Å². The van der Waals surface area contributed by atoms with Gasteiger partial charge in [-0.05, 0) is 49.8 Å². The standard InChI is InChI=1S/C20H25F3N4OS.HI/c1-2-24-19(25-10-9-18-27-17(12-29-18)20(21,22)23)26-11-15-14-6-4-3-5-13(14)7-8-16(15)28;/h7-8,12,28H,2-6,9-11H2,1H3,(H2,24,25,26);1H. The van der Waals surface area contributed by atoms with Crippen molar-refractivity contribution in [2.24, 2.45) is 4.99 Å². The maximum atomic E-state index is 12.6. The minimum atomic E-state index is -4.41. The van der Waals surface area contributed by atoms with E-state index in [1.165, 1.54) is 11.1 Å². The normalized spacial score (nSPS) is 14.1. The predicted octanol–water partition coefficient (Wildman–Crippen LogP) is 4.66. The number of benzene rings is 1. The number of aliphatic imine (C=N–C) groups is 1. The van der Waals surface area contributed by atoms with Gasteiger partial charge in [0.05, 0.1) is 11.6 Å². The van der Waals surface area contributed by atoms with Crippen LogP contribution < -0.4 is 10.6 Å². The molecule has 5 nitrogen and oxygen atoms in total. The summed E-state index contributed by atoms with van der Waals surface area (Å²) in [6.07, 6.45) is 0.214. The summed E-state index contributed by atoms with van der Waals surface area (Å²) in [5, 5.41) is 18.0. The molecule has 0 aliphatic heterocycles. The Morgan fingerprint density at radius 2 is 2.00 bits per heavy atom. The fraction of sp³-hybridized carbons (Fsp3) is 0.500. The first kappa shape index (κ1) is 24.7. The van der Waals surface area contributed by atoms with Gasteiger partial charge in [0.1, 0.15) is 5.75 Å². The summed E-state index contributed by atoms with van der Waals surface area (Å²) in [6.45, 7) is 3.35. The number of aromatic nitrogens is 1. The second-order valence-electron chi connectivity index (χ2n) is 6.90. The number of rotatable bonds is 6. The van der Waals surface area contributed by atoms with Gasteiger partial charge < -0.3 is 15.7 Å². The first-order chi connectivity index (χ1) is 13.9. The Kier molecular flexibility index (Phi) is 9.20. The SMILES string of the molecule is CCNC(=NCc1c(O)ccc2c1CCCC2)NCCc1nc(C(F)(F)F)cs1.I. The molecule has 0 saturated carbocycles. The van der Waals surface area contributed by atoms with Crippen molar-refractivity contribution in [2.75, 3.05) is 13.1 Å². The molecular formula is C20H26F3IN4OS. The van der Waals surface area contributed by atoms with E-state index in [0.717, 1.165) is 48.0 Å². The maximum Gasteiger partial charge on any atom is 0.434 e. The highest BCUT2D eigenvalue weighted by atomic mass is 127. The van der Waals surface area contributed by atoms with Crippen molar-refractivity contribution in [3.05, 3.63) is 44.9 Å². The molecule has 0 radical (unpaired) electrons. The van der Waals surface area contributed by atoms with Gasteiger partial charge in [0.25, 0.3) is 0 Å². The molecule has 0 fully saturated rings. The summed E-state index contributed by atoms with van der Waals surface area (Å²) in [7, 11) is 0.